The van der Waals surface area contributed by atoms with Crippen LogP contribution in [0.25, 0.3) is 11.0 Å². The Morgan fingerprint density at radius 1 is 1.37 bits per heavy atom. The molecule has 1 atom stereocenters. The molecule has 0 amide bonds. The zero-order chi connectivity index (χ0) is 19.8. The molecule has 1 unspecified atom stereocenters. The van der Waals surface area contributed by atoms with E-state index < -0.39 is 39.0 Å². The Bertz CT molecular complexity index is 1100. The molecular formula is C17H16ClF2N3O3S. The molecule has 6 nitrogen and oxygen atoms in total. The molecule has 144 valence electrons. The van der Waals surface area contributed by atoms with Crippen LogP contribution in [0.2, 0.25) is 5.02 Å². The van der Waals surface area contributed by atoms with Crippen LogP contribution in [0.15, 0.2) is 30.6 Å². The maximum atomic E-state index is 14.8. The van der Waals surface area contributed by atoms with Gasteiger partial charge in [0.05, 0.1) is 22.0 Å². The number of nitrogens with zero attached hydrogens (tertiary/aromatic N) is 1. The maximum Gasteiger partial charge on any atom is 0.232 e. The van der Waals surface area contributed by atoms with Crippen molar-refractivity contribution in [3.05, 3.63) is 58.4 Å². The number of sulfonamides is 1. The van der Waals surface area contributed by atoms with Gasteiger partial charge in [0.1, 0.15) is 17.6 Å². The number of halogens is 3. The minimum absolute atomic E-state index is 0.159. The Hall–Kier alpha value is -2.23. The molecule has 0 saturated carbocycles. The van der Waals surface area contributed by atoms with Crippen LogP contribution in [-0.4, -0.2) is 29.2 Å². The van der Waals surface area contributed by atoms with E-state index in [0.717, 1.165) is 12.1 Å². The number of aromatic nitrogens is 2. The minimum atomic E-state index is -3.78. The smallest absolute Gasteiger partial charge is 0.232 e. The fourth-order valence-electron chi connectivity index (χ4n) is 2.77. The summed E-state index contributed by atoms with van der Waals surface area (Å²) in [6.07, 6.45) is 1.39. The van der Waals surface area contributed by atoms with E-state index in [2.05, 4.69) is 14.7 Å². The van der Waals surface area contributed by atoms with Gasteiger partial charge in [0, 0.05) is 23.3 Å². The van der Waals surface area contributed by atoms with Crippen LogP contribution in [0.3, 0.4) is 0 Å². The van der Waals surface area contributed by atoms with E-state index in [4.69, 9.17) is 11.6 Å². The van der Waals surface area contributed by atoms with Gasteiger partial charge in [-0.1, -0.05) is 18.5 Å². The van der Waals surface area contributed by atoms with Crippen LogP contribution in [0.4, 0.5) is 14.5 Å². The van der Waals surface area contributed by atoms with Crippen LogP contribution in [0.1, 0.15) is 30.6 Å². The summed E-state index contributed by atoms with van der Waals surface area (Å²) >= 11 is 5.91. The zero-order valence-electron chi connectivity index (χ0n) is 14.1. The average molecular weight is 416 g/mol. The van der Waals surface area contributed by atoms with Gasteiger partial charge in [-0.3, -0.25) is 4.72 Å². The van der Waals surface area contributed by atoms with Gasteiger partial charge in [0.25, 0.3) is 0 Å². The third kappa shape index (κ3) is 3.90. The second kappa shape index (κ2) is 7.41. The Morgan fingerprint density at radius 3 is 2.81 bits per heavy atom. The molecule has 3 rings (SSSR count). The third-order valence-electron chi connectivity index (χ3n) is 3.96. The first-order valence-electron chi connectivity index (χ1n) is 8.02. The number of anilines is 1. The second-order valence-electron chi connectivity index (χ2n) is 5.94. The fourth-order valence-corrected chi connectivity index (χ4v) is 4.06. The van der Waals surface area contributed by atoms with E-state index >= 15 is 0 Å². The first kappa shape index (κ1) is 19.5. The van der Waals surface area contributed by atoms with E-state index in [9.17, 15) is 22.3 Å². The number of fused-ring (bicyclic) bond motifs is 1. The maximum absolute atomic E-state index is 14.8. The lowest BCUT2D eigenvalue weighted by atomic mass is 10.00. The van der Waals surface area contributed by atoms with Gasteiger partial charge in [-0.05, 0) is 24.6 Å². The largest absolute Gasteiger partial charge is 0.383 e. The molecule has 2 aromatic heterocycles. The molecule has 0 saturated heterocycles. The molecule has 0 bridgehead atoms. The van der Waals surface area contributed by atoms with Gasteiger partial charge < -0.3 is 10.1 Å². The molecule has 0 aliphatic rings. The summed E-state index contributed by atoms with van der Waals surface area (Å²) in [7, 11) is -3.78. The summed E-state index contributed by atoms with van der Waals surface area (Å²) in [6, 6.07) is 3.37. The highest BCUT2D eigenvalue weighted by molar-refractivity contribution is 7.92. The predicted octanol–water partition coefficient (Wildman–Crippen LogP) is 3.73. The number of H-pyrrole nitrogens is 1. The van der Waals surface area contributed by atoms with Crippen molar-refractivity contribution in [3.8, 4) is 0 Å². The Balaban J connectivity index is 2.07. The van der Waals surface area contributed by atoms with Gasteiger partial charge in [-0.25, -0.2) is 22.2 Å². The highest BCUT2D eigenvalue weighted by atomic mass is 35.5. The van der Waals surface area contributed by atoms with Crippen LogP contribution in [0, 0.1) is 11.6 Å². The molecular weight excluding hydrogens is 400 g/mol. The molecule has 0 radical (unpaired) electrons. The Kier molecular flexibility index (Phi) is 5.36. The molecule has 10 heteroatoms. The van der Waals surface area contributed by atoms with Crippen molar-refractivity contribution < 1.29 is 22.3 Å². The van der Waals surface area contributed by atoms with E-state index in [-0.39, 0.29) is 16.3 Å². The van der Waals surface area contributed by atoms with Crippen LogP contribution < -0.4 is 4.72 Å². The summed E-state index contributed by atoms with van der Waals surface area (Å²) in [4.78, 5) is 6.82. The molecule has 27 heavy (non-hydrogen) atoms. The molecule has 1 aromatic carbocycles. The minimum Gasteiger partial charge on any atom is -0.383 e. The van der Waals surface area contributed by atoms with Gasteiger partial charge in [-0.15, -0.1) is 0 Å². The predicted molar refractivity (Wildman–Crippen MR) is 99.2 cm³/mol. The Labute approximate surface area is 159 Å². The monoisotopic (exact) mass is 415 g/mol. The van der Waals surface area contributed by atoms with Crippen molar-refractivity contribution in [2.75, 3.05) is 10.5 Å². The number of aliphatic hydroxyl groups is 1. The highest BCUT2D eigenvalue weighted by Gasteiger charge is 2.26. The SMILES string of the molecule is CCCS(=O)(=O)Nc1ccc(F)c(C(O)c2c[nH]c3ncc(Cl)cc23)c1F. The first-order chi connectivity index (χ1) is 12.7. The standard InChI is InChI=1S/C17H16ClF2N3O3S/c1-2-5-27(25,26)23-13-4-3-12(19)14(15(13)20)16(24)11-8-22-17-10(11)6-9(18)7-21-17/h3-4,6-8,16,23-24H,2,5H2,1H3,(H,21,22). The fraction of sp³-hybridized carbons (Fsp3) is 0.235. The van der Waals surface area contributed by atoms with Crippen LogP contribution in [-0.2, 0) is 10.0 Å². The van der Waals surface area contributed by atoms with Crippen molar-refractivity contribution in [1.29, 1.82) is 0 Å². The normalized spacial score (nSPS) is 13.1. The first-order valence-corrected chi connectivity index (χ1v) is 10.1. The van der Waals surface area contributed by atoms with Crippen molar-refractivity contribution >= 4 is 38.3 Å². The van der Waals surface area contributed by atoms with E-state index in [0.29, 0.717) is 17.5 Å². The van der Waals surface area contributed by atoms with Gasteiger partial charge >= 0.3 is 0 Å². The lowest BCUT2D eigenvalue weighted by molar-refractivity contribution is 0.211. The Morgan fingerprint density at radius 2 is 2.11 bits per heavy atom. The van der Waals surface area contributed by atoms with Crippen LogP contribution >= 0.6 is 11.6 Å². The summed E-state index contributed by atoms with van der Waals surface area (Å²) in [5.41, 5.74) is -0.567. The lowest BCUT2D eigenvalue weighted by Gasteiger charge is -2.16. The zero-order valence-corrected chi connectivity index (χ0v) is 15.7. The van der Waals surface area contributed by atoms with Crippen molar-refractivity contribution in [3.63, 3.8) is 0 Å². The third-order valence-corrected chi connectivity index (χ3v) is 5.65. The van der Waals surface area contributed by atoms with Crippen molar-refractivity contribution in [1.82, 2.24) is 9.97 Å². The molecule has 0 spiro atoms. The summed E-state index contributed by atoms with van der Waals surface area (Å²) in [5, 5.41) is 11.3. The molecule has 0 aliphatic carbocycles. The summed E-state index contributed by atoms with van der Waals surface area (Å²) < 4.78 is 55.0. The molecule has 3 aromatic rings. The quantitative estimate of drug-likeness (QED) is 0.571. The van der Waals surface area contributed by atoms with Crippen molar-refractivity contribution in [2.24, 2.45) is 0 Å². The van der Waals surface area contributed by atoms with Gasteiger partial charge in [-0.2, -0.15) is 0 Å². The van der Waals surface area contributed by atoms with Gasteiger partial charge in [0.2, 0.25) is 10.0 Å². The van der Waals surface area contributed by atoms with E-state index in [1.165, 1.54) is 18.5 Å². The number of rotatable bonds is 6. The lowest BCUT2D eigenvalue weighted by Crippen LogP contribution is -2.18. The average Bonchev–Trinajstić information content (AvgIpc) is 3.00. The number of hydrogen-bond donors (Lipinski definition) is 3. The topological polar surface area (TPSA) is 95.1 Å². The number of nitrogens with one attached hydrogen (secondary N) is 2. The number of pyridine rings is 1. The highest BCUT2D eigenvalue weighted by Crippen LogP contribution is 2.34. The van der Waals surface area contributed by atoms with E-state index in [1.54, 1.807) is 6.92 Å². The second-order valence-corrected chi connectivity index (χ2v) is 8.22. The number of benzene rings is 1. The molecule has 0 fully saturated rings. The number of aromatic amines is 1. The molecule has 0 aliphatic heterocycles. The summed E-state index contributed by atoms with van der Waals surface area (Å²) in [6.45, 7) is 1.66. The number of aliphatic hydroxyl groups excluding tert-OH is 1. The van der Waals surface area contributed by atoms with E-state index in [1.807, 2.05) is 0 Å². The number of hydrogen-bond acceptors (Lipinski definition) is 4. The molecule has 2 heterocycles. The van der Waals surface area contributed by atoms with Crippen molar-refractivity contribution in [2.45, 2.75) is 19.4 Å². The molecule has 3 N–H and O–H groups in total. The van der Waals surface area contributed by atoms with Gasteiger partial charge in [0.15, 0.2) is 5.82 Å². The van der Waals surface area contributed by atoms with Crippen LogP contribution in [0.5, 0.6) is 0 Å². The summed E-state index contributed by atoms with van der Waals surface area (Å²) in [5.74, 6) is -2.41.